The van der Waals surface area contributed by atoms with Gasteiger partial charge in [0.25, 0.3) is 0 Å². The molecular formula is C34H58O6. The van der Waals surface area contributed by atoms with Crippen LogP contribution in [-0.4, -0.2) is 43.0 Å². The van der Waals surface area contributed by atoms with Crippen LogP contribution < -0.4 is 0 Å². The number of carbonyl (C=O) groups is 1. The zero-order valence-corrected chi connectivity index (χ0v) is 25.8. The molecule has 3 unspecified atom stereocenters. The average Bonchev–Trinajstić information content (AvgIpc) is 3.40. The van der Waals surface area contributed by atoms with Crippen molar-refractivity contribution in [2.45, 2.75) is 161 Å². The summed E-state index contributed by atoms with van der Waals surface area (Å²) < 4.78 is 24.5. The van der Waals surface area contributed by atoms with Crippen molar-refractivity contribution < 1.29 is 28.8 Å². The van der Waals surface area contributed by atoms with Crippen LogP contribution in [0.25, 0.3) is 0 Å². The normalized spacial score (nSPS) is 26.7. The molecule has 1 saturated carbocycles. The van der Waals surface area contributed by atoms with Gasteiger partial charge < -0.3 is 24.1 Å². The zero-order valence-electron chi connectivity index (χ0n) is 25.8. The standard InChI is InChI=1S/C34H58O6/c1-26(2)16-8-6-4-5-7-9-17-28-18-14-19-29(28)20-15-21-30(39-31-22-10-12-24-37-31)33(27(3)34(35)36)40-32-23-11-13-25-38-32/h16,28-32H,4-15,17-25H2,1-3H3,(H,35,36)/t28-,29+,30?,31?,32?/m0/s1. The lowest BCUT2D eigenvalue weighted by Gasteiger charge is -2.32. The van der Waals surface area contributed by atoms with Crippen LogP contribution in [-0.2, 0) is 23.7 Å². The van der Waals surface area contributed by atoms with Gasteiger partial charge in [-0.15, -0.1) is 0 Å². The van der Waals surface area contributed by atoms with Crippen LogP contribution in [0.1, 0.15) is 143 Å². The van der Waals surface area contributed by atoms with E-state index in [1.807, 2.05) is 0 Å². The van der Waals surface area contributed by atoms with E-state index in [0.29, 0.717) is 19.0 Å². The molecule has 0 aromatic carbocycles. The maximum Gasteiger partial charge on any atom is 0.334 e. The van der Waals surface area contributed by atoms with Crippen molar-refractivity contribution in [3.05, 3.63) is 23.0 Å². The molecule has 2 aliphatic heterocycles. The number of unbranched alkanes of at least 4 members (excludes halogenated alkanes) is 5. The highest BCUT2D eigenvalue weighted by Crippen LogP contribution is 2.39. The maximum atomic E-state index is 12.1. The van der Waals surface area contributed by atoms with Crippen molar-refractivity contribution in [1.82, 2.24) is 0 Å². The van der Waals surface area contributed by atoms with E-state index in [0.717, 1.165) is 63.2 Å². The quantitative estimate of drug-likeness (QED) is 0.0777. The van der Waals surface area contributed by atoms with E-state index in [9.17, 15) is 9.90 Å². The molecule has 230 valence electrons. The van der Waals surface area contributed by atoms with E-state index in [1.165, 1.54) is 76.2 Å². The summed E-state index contributed by atoms with van der Waals surface area (Å²) in [4.78, 5) is 12.1. The summed E-state index contributed by atoms with van der Waals surface area (Å²) in [5.74, 6) is 1.09. The number of hydrogen-bond acceptors (Lipinski definition) is 5. The molecule has 0 spiro atoms. The largest absolute Gasteiger partial charge is 0.478 e. The number of carboxylic acids is 1. The molecule has 6 heteroatoms. The van der Waals surface area contributed by atoms with Gasteiger partial charge in [-0.25, -0.2) is 4.79 Å². The molecule has 40 heavy (non-hydrogen) atoms. The molecule has 0 amide bonds. The molecule has 6 nitrogen and oxygen atoms in total. The summed E-state index contributed by atoms with van der Waals surface area (Å²) in [5, 5.41) is 9.89. The molecule has 3 rings (SSSR count). The lowest BCUT2D eigenvalue weighted by Crippen LogP contribution is -2.33. The number of hydrogen-bond donors (Lipinski definition) is 1. The van der Waals surface area contributed by atoms with E-state index in [4.69, 9.17) is 18.9 Å². The lowest BCUT2D eigenvalue weighted by atomic mass is 9.86. The minimum absolute atomic E-state index is 0.217. The van der Waals surface area contributed by atoms with E-state index >= 15 is 0 Å². The van der Waals surface area contributed by atoms with Crippen molar-refractivity contribution >= 4 is 5.97 Å². The Labute approximate surface area is 244 Å². The van der Waals surface area contributed by atoms with Gasteiger partial charge in [0.05, 0.1) is 12.2 Å². The van der Waals surface area contributed by atoms with Crippen LogP contribution in [0.15, 0.2) is 23.0 Å². The van der Waals surface area contributed by atoms with Crippen LogP contribution in [0, 0.1) is 11.8 Å². The highest BCUT2D eigenvalue weighted by Gasteiger charge is 2.31. The second kappa shape index (κ2) is 18.9. The van der Waals surface area contributed by atoms with Crippen LogP contribution in [0.4, 0.5) is 0 Å². The van der Waals surface area contributed by atoms with Crippen molar-refractivity contribution in [1.29, 1.82) is 0 Å². The van der Waals surface area contributed by atoms with Crippen molar-refractivity contribution in [3.8, 4) is 0 Å². The van der Waals surface area contributed by atoms with E-state index in [1.54, 1.807) is 6.92 Å². The number of aliphatic carboxylic acids is 1. The predicted octanol–water partition coefficient (Wildman–Crippen LogP) is 9.08. The first-order valence-corrected chi connectivity index (χ1v) is 16.6. The van der Waals surface area contributed by atoms with E-state index < -0.39 is 18.4 Å². The summed E-state index contributed by atoms with van der Waals surface area (Å²) in [6.45, 7) is 7.35. The van der Waals surface area contributed by atoms with Crippen molar-refractivity contribution in [2.75, 3.05) is 13.2 Å². The second-order valence-corrected chi connectivity index (χ2v) is 12.6. The number of rotatable bonds is 18. The van der Waals surface area contributed by atoms with Crippen LogP contribution in [0.3, 0.4) is 0 Å². The van der Waals surface area contributed by atoms with Crippen LogP contribution in [0.5, 0.6) is 0 Å². The molecule has 3 aliphatic rings. The van der Waals surface area contributed by atoms with Gasteiger partial charge in [0.15, 0.2) is 12.6 Å². The predicted molar refractivity (Wildman–Crippen MR) is 160 cm³/mol. The summed E-state index contributed by atoms with van der Waals surface area (Å²) in [5.41, 5.74) is 1.65. The van der Waals surface area contributed by atoms with Crippen molar-refractivity contribution in [2.24, 2.45) is 11.8 Å². The highest BCUT2D eigenvalue weighted by molar-refractivity contribution is 5.86. The Balaban J connectivity index is 1.51. The van der Waals surface area contributed by atoms with Gasteiger partial charge in [-0.3, -0.25) is 0 Å². The average molecular weight is 563 g/mol. The third-order valence-corrected chi connectivity index (χ3v) is 9.02. The summed E-state index contributed by atoms with van der Waals surface area (Å²) in [6.07, 6.45) is 23.3. The van der Waals surface area contributed by atoms with Gasteiger partial charge in [-0.2, -0.15) is 0 Å². The molecule has 3 fully saturated rings. The lowest BCUT2D eigenvalue weighted by molar-refractivity contribution is -0.204. The Bertz CT molecular complexity index is 773. The SMILES string of the molecule is CC(C)=CCCCCCCC[C@H]1CCC[C@@H]1CCCC(OC1CCCCO1)C(OC1CCCCO1)=C(C)C(=O)O. The third-order valence-electron chi connectivity index (χ3n) is 9.02. The first-order chi connectivity index (χ1) is 19.4. The number of carboxylic acid groups (broad SMARTS) is 1. The first kappa shape index (κ1) is 33.1. The number of ether oxygens (including phenoxy) is 4. The topological polar surface area (TPSA) is 74.2 Å². The molecule has 1 aliphatic carbocycles. The highest BCUT2D eigenvalue weighted by atomic mass is 16.7. The molecule has 5 atom stereocenters. The van der Waals surface area contributed by atoms with Crippen LogP contribution in [0.2, 0.25) is 0 Å². The minimum Gasteiger partial charge on any atom is -0.478 e. The number of allylic oxidation sites excluding steroid dienone is 2. The Kier molecular flexibility index (Phi) is 15.7. The fourth-order valence-corrected chi connectivity index (χ4v) is 6.63. The monoisotopic (exact) mass is 562 g/mol. The van der Waals surface area contributed by atoms with Crippen LogP contribution >= 0.6 is 0 Å². The molecule has 0 radical (unpaired) electrons. The molecule has 0 bridgehead atoms. The Hall–Kier alpha value is -1.37. The van der Waals surface area contributed by atoms with Gasteiger partial charge in [-0.1, -0.05) is 75.9 Å². The fourth-order valence-electron chi connectivity index (χ4n) is 6.63. The third kappa shape index (κ3) is 12.2. The second-order valence-electron chi connectivity index (χ2n) is 12.6. The molecule has 0 aromatic heterocycles. The summed E-state index contributed by atoms with van der Waals surface area (Å²) in [6, 6.07) is 0. The maximum absolute atomic E-state index is 12.1. The molecule has 0 aromatic rings. The Morgan fingerprint density at radius 3 is 2.05 bits per heavy atom. The fraction of sp³-hybridized carbons (Fsp3) is 0.853. The first-order valence-electron chi connectivity index (χ1n) is 16.6. The van der Waals surface area contributed by atoms with Gasteiger partial charge in [0, 0.05) is 13.0 Å². The minimum atomic E-state index is -0.961. The smallest absolute Gasteiger partial charge is 0.334 e. The Morgan fingerprint density at radius 2 is 1.43 bits per heavy atom. The van der Waals surface area contributed by atoms with Gasteiger partial charge in [0.2, 0.25) is 0 Å². The van der Waals surface area contributed by atoms with Gasteiger partial charge in [0.1, 0.15) is 11.9 Å². The molecule has 1 N–H and O–H groups in total. The van der Waals surface area contributed by atoms with Gasteiger partial charge in [-0.05, 0) is 84.0 Å². The van der Waals surface area contributed by atoms with E-state index in [-0.39, 0.29) is 11.9 Å². The van der Waals surface area contributed by atoms with Crippen molar-refractivity contribution in [3.63, 3.8) is 0 Å². The molecule has 2 saturated heterocycles. The summed E-state index contributed by atoms with van der Waals surface area (Å²) in [7, 11) is 0. The van der Waals surface area contributed by atoms with E-state index in [2.05, 4.69) is 19.9 Å². The Morgan fingerprint density at radius 1 is 0.800 bits per heavy atom. The molecule has 2 heterocycles. The zero-order chi connectivity index (χ0) is 28.6. The van der Waals surface area contributed by atoms with Gasteiger partial charge >= 0.3 is 5.97 Å². The molecular weight excluding hydrogens is 504 g/mol. The summed E-state index contributed by atoms with van der Waals surface area (Å²) >= 11 is 0.